The molecule has 3 rings (SSSR count). The SMILES string of the molecule is NC(CC(=O)NCC(c1ccc(Cl)cc1)N1CCOCC1)c1ccccc1. The third-order valence-corrected chi connectivity index (χ3v) is 5.12. The van der Waals surface area contributed by atoms with Crippen LogP contribution in [0.1, 0.15) is 29.6 Å². The molecule has 0 saturated carbocycles. The van der Waals surface area contributed by atoms with Crippen molar-refractivity contribution in [2.45, 2.75) is 18.5 Å². The van der Waals surface area contributed by atoms with Gasteiger partial charge in [0.2, 0.25) is 5.91 Å². The summed E-state index contributed by atoms with van der Waals surface area (Å²) in [5.74, 6) is -0.0430. The molecule has 1 aliphatic rings. The van der Waals surface area contributed by atoms with Gasteiger partial charge in [0.25, 0.3) is 0 Å². The Labute approximate surface area is 165 Å². The molecule has 0 aromatic heterocycles. The molecule has 2 unspecified atom stereocenters. The van der Waals surface area contributed by atoms with Gasteiger partial charge in [0.15, 0.2) is 0 Å². The molecular formula is C21H26ClN3O2. The summed E-state index contributed by atoms with van der Waals surface area (Å²) in [4.78, 5) is 14.8. The third-order valence-electron chi connectivity index (χ3n) is 4.87. The fourth-order valence-electron chi connectivity index (χ4n) is 3.33. The summed E-state index contributed by atoms with van der Waals surface area (Å²) < 4.78 is 5.47. The summed E-state index contributed by atoms with van der Waals surface area (Å²) in [5, 5.41) is 3.77. The molecule has 0 bridgehead atoms. The largest absolute Gasteiger partial charge is 0.379 e. The second kappa shape index (κ2) is 9.85. The number of benzene rings is 2. The predicted molar refractivity (Wildman–Crippen MR) is 108 cm³/mol. The second-order valence-corrected chi connectivity index (χ2v) is 7.18. The van der Waals surface area contributed by atoms with Gasteiger partial charge in [-0.05, 0) is 23.3 Å². The van der Waals surface area contributed by atoms with E-state index in [1.807, 2.05) is 54.6 Å². The van der Waals surface area contributed by atoms with E-state index in [-0.39, 0.29) is 24.4 Å². The second-order valence-electron chi connectivity index (χ2n) is 6.74. The monoisotopic (exact) mass is 387 g/mol. The van der Waals surface area contributed by atoms with Gasteiger partial charge in [-0.2, -0.15) is 0 Å². The smallest absolute Gasteiger partial charge is 0.221 e. The molecule has 1 aliphatic heterocycles. The highest BCUT2D eigenvalue weighted by atomic mass is 35.5. The maximum absolute atomic E-state index is 12.4. The topological polar surface area (TPSA) is 67.6 Å². The van der Waals surface area contributed by atoms with E-state index < -0.39 is 0 Å². The summed E-state index contributed by atoms with van der Waals surface area (Å²) in [5.41, 5.74) is 8.27. The Bertz CT molecular complexity index is 718. The van der Waals surface area contributed by atoms with Gasteiger partial charge in [-0.25, -0.2) is 0 Å². The van der Waals surface area contributed by atoms with Crippen molar-refractivity contribution in [1.82, 2.24) is 10.2 Å². The maximum atomic E-state index is 12.4. The Hall–Kier alpha value is -1.92. The lowest BCUT2D eigenvalue weighted by Gasteiger charge is -2.35. The summed E-state index contributed by atoms with van der Waals surface area (Å²) >= 11 is 6.03. The standard InChI is InChI=1S/C21H26ClN3O2/c22-18-8-6-17(7-9-18)20(25-10-12-27-13-11-25)15-24-21(26)14-19(23)16-4-2-1-3-5-16/h1-9,19-20H,10-15,23H2,(H,24,26). The molecule has 5 nitrogen and oxygen atoms in total. The minimum Gasteiger partial charge on any atom is -0.379 e. The van der Waals surface area contributed by atoms with Crippen LogP contribution in [0.5, 0.6) is 0 Å². The molecule has 2 atom stereocenters. The van der Waals surface area contributed by atoms with Crippen LogP contribution in [-0.2, 0) is 9.53 Å². The van der Waals surface area contributed by atoms with Gasteiger partial charge in [-0.15, -0.1) is 0 Å². The highest BCUT2D eigenvalue weighted by Crippen LogP contribution is 2.23. The van der Waals surface area contributed by atoms with Gasteiger partial charge in [0, 0.05) is 37.1 Å². The first-order valence-corrected chi connectivity index (χ1v) is 9.66. The molecule has 2 aromatic carbocycles. The average Bonchev–Trinajstić information content (AvgIpc) is 2.71. The van der Waals surface area contributed by atoms with Crippen LogP contribution in [-0.4, -0.2) is 43.7 Å². The molecule has 1 saturated heterocycles. The van der Waals surface area contributed by atoms with Crippen molar-refractivity contribution >= 4 is 17.5 Å². The minimum absolute atomic E-state index is 0.0430. The van der Waals surface area contributed by atoms with Gasteiger partial charge >= 0.3 is 0 Å². The third kappa shape index (κ3) is 5.78. The molecule has 27 heavy (non-hydrogen) atoms. The molecule has 6 heteroatoms. The van der Waals surface area contributed by atoms with Crippen molar-refractivity contribution in [3.63, 3.8) is 0 Å². The van der Waals surface area contributed by atoms with Crippen LogP contribution < -0.4 is 11.1 Å². The van der Waals surface area contributed by atoms with Gasteiger partial charge in [0.05, 0.1) is 19.3 Å². The number of amides is 1. The van der Waals surface area contributed by atoms with E-state index in [1.165, 1.54) is 0 Å². The molecule has 2 aromatic rings. The van der Waals surface area contributed by atoms with Crippen molar-refractivity contribution in [1.29, 1.82) is 0 Å². The van der Waals surface area contributed by atoms with E-state index in [2.05, 4.69) is 10.2 Å². The lowest BCUT2D eigenvalue weighted by Crippen LogP contribution is -2.44. The lowest BCUT2D eigenvalue weighted by molar-refractivity contribution is -0.121. The fraction of sp³-hybridized carbons (Fsp3) is 0.381. The number of ether oxygens (including phenoxy) is 1. The van der Waals surface area contributed by atoms with Crippen LogP contribution in [0.4, 0.5) is 0 Å². The zero-order valence-corrected chi connectivity index (χ0v) is 16.1. The van der Waals surface area contributed by atoms with Crippen molar-refractivity contribution in [3.05, 3.63) is 70.7 Å². The van der Waals surface area contributed by atoms with Crippen LogP contribution in [0.25, 0.3) is 0 Å². The zero-order valence-electron chi connectivity index (χ0n) is 15.3. The van der Waals surface area contributed by atoms with E-state index in [9.17, 15) is 4.79 Å². The summed E-state index contributed by atoms with van der Waals surface area (Å²) in [7, 11) is 0. The first kappa shape index (κ1) is 19.8. The summed E-state index contributed by atoms with van der Waals surface area (Å²) in [6.07, 6.45) is 0.264. The van der Waals surface area contributed by atoms with Crippen LogP contribution in [0.3, 0.4) is 0 Å². The van der Waals surface area contributed by atoms with Gasteiger partial charge in [-0.3, -0.25) is 9.69 Å². The van der Waals surface area contributed by atoms with Crippen molar-refractivity contribution in [2.24, 2.45) is 5.73 Å². The Balaban J connectivity index is 1.61. The van der Waals surface area contributed by atoms with E-state index >= 15 is 0 Å². The molecule has 1 fully saturated rings. The zero-order chi connectivity index (χ0) is 19.1. The Morgan fingerprint density at radius 2 is 1.74 bits per heavy atom. The highest BCUT2D eigenvalue weighted by molar-refractivity contribution is 6.30. The number of hydrogen-bond acceptors (Lipinski definition) is 4. The average molecular weight is 388 g/mol. The number of carbonyl (C=O) groups excluding carboxylic acids is 1. The lowest BCUT2D eigenvalue weighted by atomic mass is 10.0. The number of morpholine rings is 1. The number of rotatable bonds is 7. The molecule has 144 valence electrons. The highest BCUT2D eigenvalue weighted by Gasteiger charge is 2.23. The number of nitrogens with two attached hydrogens (primary N) is 1. The minimum atomic E-state index is -0.302. The number of halogens is 1. The molecule has 0 spiro atoms. The quantitative estimate of drug-likeness (QED) is 0.766. The fourth-order valence-corrected chi connectivity index (χ4v) is 3.46. The molecule has 0 aliphatic carbocycles. The molecule has 1 amide bonds. The first-order valence-electron chi connectivity index (χ1n) is 9.28. The molecule has 0 radical (unpaired) electrons. The normalized spacial score (nSPS) is 17.3. The van der Waals surface area contributed by atoms with Gasteiger partial charge < -0.3 is 15.8 Å². The van der Waals surface area contributed by atoms with Crippen molar-refractivity contribution in [3.8, 4) is 0 Å². The maximum Gasteiger partial charge on any atom is 0.221 e. The van der Waals surface area contributed by atoms with Crippen LogP contribution in [0, 0.1) is 0 Å². The van der Waals surface area contributed by atoms with Crippen LogP contribution >= 0.6 is 11.6 Å². The van der Waals surface area contributed by atoms with Crippen molar-refractivity contribution < 1.29 is 9.53 Å². The molecule has 3 N–H and O–H groups in total. The van der Waals surface area contributed by atoms with Gasteiger partial charge in [0.1, 0.15) is 0 Å². The van der Waals surface area contributed by atoms with Gasteiger partial charge in [-0.1, -0.05) is 54.1 Å². The van der Waals surface area contributed by atoms with Crippen LogP contribution in [0.15, 0.2) is 54.6 Å². The number of nitrogens with zero attached hydrogens (tertiary/aromatic N) is 1. The van der Waals surface area contributed by atoms with E-state index in [4.69, 9.17) is 22.1 Å². The Morgan fingerprint density at radius 3 is 2.41 bits per heavy atom. The first-order chi connectivity index (χ1) is 13.1. The molecule has 1 heterocycles. The Morgan fingerprint density at radius 1 is 1.07 bits per heavy atom. The molecular weight excluding hydrogens is 362 g/mol. The summed E-state index contributed by atoms with van der Waals surface area (Å²) in [6.45, 7) is 3.62. The number of hydrogen-bond donors (Lipinski definition) is 2. The number of nitrogens with one attached hydrogen (secondary N) is 1. The van der Waals surface area contributed by atoms with E-state index in [0.29, 0.717) is 24.8 Å². The summed E-state index contributed by atoms with van der Waals surface area (Å²) in [6, 6.07) is 17.3. The van der Waals surface area contributed by atoms with E-state index in [1.54, 1.807) is 0 Å². The van der Waals surface area contributed by atoms with E-state index in [0.717, 1.165) is 24.2 Å². The number of carbonyl (C=O) groups is 1. The van der Waals surface area contributed by atoms with Crippen LogP contribution in [0.2, 0.25) is 5.02 Å². The Kier molecular flexibility index (Phi) is 7.24. The van der Waals surface area contributed by atoms with Crippen molar-refractivity contribution in [2.75, 3.05) is 32.8 Å². The predicted octanol–water partition coefficient (Wildman–Crippen LogP) is 2.92.